The van der Waals surface area contributed by atoms with Crippen LogP contribution in [0.25, 0.3) is 0 Å². The average molecular weight is 281 g/mol. The highest BCUT2D eigenvalue weighted by molar-refractivity contribution is 5.81. The second-order valence-corrected chi connectivity index (χ2v) is 5.44. The van der Waals surface area contributed by atoms with Gasteiger partial charge in [0, 0.05) is 17.5 Å². The lowest BCUT2D eigenvalue weighted by atomic mass is 9.95. The van der Waals surface area contributed by atoms with Gasteiger partial charge in [-0.1, -0.05) is 20.8 Å². The molecule has 0 fully saturated rings. The van der Waals surface area contributed by atoms with Crippen LogP contribution >= 0.6 is 0 Å². The van der Waals surface area contributed by atoms with Crippen LogP contribution in [0, 0.1) is 5.41 Å². The maximum absolute atomic E-state index is 11.9. The van der Waals surface area contributed by atoms with Crippen molar-refractivity contribution in [1.82, 2.24) is 5.32 Å². The van der Waals surface area contributed by atoms with Crippen LogP contribution in [0.4, 0.5) is 0 Å². The zero-order valence-corrected chi connectivity index (χ0v) is 13.0. The number of nitrogens with one attached hydrogen (secondary N) is 1. The van der Waals surface area contributed by atoms with Crippen molar-refractivity contribution >= 4 is 5.91 Å². The van der Waals surface area contributed by atoms with Crippen molar-refractivity contribution in [1.29, 1.82) is 0 Å². The highest BCUT2D eigenvalue weighted by Crippen LogP contribution is 2.34. The fraction of sp³-hybridized carbons (Fsp3) is 0.533. The third-order valence-electron chi connectivity index (χ3n) is 2.92. The van der Waals surface area contributed by atoms with Gasteiger partial charge in [0.15, 0.2) is 0 Å². The largest absolute Gasteiger partial charge is 0.496 e. The molecule has 0 spiro atoms. The van der Waals surface area contributed by atoms with E-state index in [1.807, 2.05) is 20.8 Å². The lowest BCUT2D eigenvalue weighted by molar-refractivity contribution is -0.128. The fourth-order valence-corrected chi connectivity index (χ4v) is 1.69. The number of carbonyl (C=O) groups excluding carboxylic acids is 1. The molecule has 1 amide bonds. The number of hydrogen-bond donors (Lipinski definition) is 1. The van der Waals surface area contributed by atoms with Crippen LogP contribution in [-0.2, 0) is 11.3 Å². The predicted molar refractivity (Wildman–Crippen MR) is 77.4 cm³/mol. The molecule has 5 heteroatoms. The van der Waals surface area contributed by atoms with Crippen molar-refractivity contribution in [3.05, 3.63) is 17.7 Å². The highest BCUT2D eigenvalue weighted by Gasteiger charge is 2.22. The first-order valence-corrected chi connectivity index (χ1v) is 6.40. The molecule has 0 aliphatic heterocycles. The summed E-state index contributed by atoms with van der Waals surface area (Å²) in [7, 11) is 4.72. The number of ether oxygens (including phenoxy) is 3. The minimum absolute atomic E-state index is 0.0302. The SMILES string of the molecule is COc1cc(OC)c(CNC(=O)C(C)(C)C)c(OC)c1. The van der Waals surface area contributed by atoms with Crippen LogP contribution in [-0.4, -0.2) is 27.2 Å². The maximum atomic E-state index is 11.9. The quantitative estimate of drug-likeness (QED) is 0.900. The Labute approximate surface area is 120 Å². The summed E-state index contributed by atoms with van der Waals surface area (Å²) in [6, 6.07) is 3.53. The van der Waals surface area contributed by atoms with Gasteiger partial charge in [-0.2, -0.15) is 0 Å². The molecule has 0 aromatic heterocycles. The standard InChI is InChI=1S/C15H23NO4/c1-15(2,3)14(17)16-9-11-12(19-5)7-10(18-4)8-13(11)20-6/h7-8H,9H2,1-6H3,(H,16,17). The zero-order valence-electron chi connectivity index (χ0n) is 13.0. The van der Waals surface area contributed by atoms with E-state index in [1.165, 1.54) is 0 Å². The molecule has 112 valence electrons. The molecule has 20 heavy (non-hydrogen) atoms. The van der Waals surface area contributed by atoms with Crippen molar-refractivity contribution in [2.24, 2.45) is 5.41 Å². The molecule has 0 saturated carbocycles. The Balaban J connectivity index is 3.01. The van der Waals surface area contributed by atoms with Crippen LogP contribution in [0.5, 0.6) is 17.2 Å². The molecule has 5 nitrogen and oxygen atoms in total. The monoisotopic (exact) mass is 281 g/mol. The molecule has 1 aromatic carbocycles. The van der Waals surface area contributed by atoms with Gasteiger partial charge in [-0.3, -0.25) is 4.79 Å². The van der Waals surface area contributed by atoms with Crippen molar-refractivity contribution in [3.63, 3.8) is 0 Å². The second-order valence-electron chi connectivity index (χ2n) is 5.44. The fourth-order valence-electron chi connectivity index (χ4n) is 1.69. The number of methoxy groups -OCH3 is 3. The summed E-state index contributed by atoms with van der Waals surface area (Å²) >= 11 is 0. The van der Waals surface area contributed by atoms with E-state index in [2.05, 4.69) is 5.32 Å². The van der Waals surface area contributed by atoms with Crippen LogP contribution < -0.4 is 19.5 Å². The summed E-state index contributed by atoms with van der Waals surface area (Å²) in [6.07, 6.45) is 0. The third-order valence-corrected chi connectivity index (χ3v) is 2.92. The van der Waals surface area contributed by atoms with Gasteiger partial charge in [0.1, 0.15) is 17.2 Å². The van der Waals surface area contributed by atoms with E-state index in [9.17, 15) is 4.79 Å². The summed E-state index contributed by atoms with van der Waals surface area (Å²) in [5.74, 6) is 1.85. The number of amides is 1. The number of benzene rings is 1. The lowest BCUT2D eigenvalue weighted by Crippen LogP contribution is -2.34. The number of rotatable bonds is 5. The van der Waals surface area contributed by atoms with Crippen molar-refractivity contribution < 1.29 is 19.0 Å². The summed E-state index contributed by atoms with van der Waals surface area (Å²) in [4.78, 5) is 11.9. The van der Waals surface area contributed by atoms with E-state index in [-0.39, 0.29) is 5.91 Å². The molecule has 1 aromatic rings. The average Bonchev–Trinajstić information content (AvgIpc) is 2.42. The van der Waals surface area contributed by atoms with E-state index in [4.69, 9.17) is 14.2 Å². The number of hydrogen-bond acceptors (Lipinski definition) is 4. The van der Waals surface area contributed by atoms with Gasteiger partial charge in [0.25, 0.3) is 0 Å². The van der Waals surface area contributed by atoms with Crippen LogP contribution in [0.1, 0.15) is 26.3 Å². The smallest absolute Gasteiger partial charge is 0.225 e. The van der Waals surface area contributed by atoms with E-state index >= 15 is 0 Å². The van der Waals surface area contributed by atoms with Crippen molar-refractivity contribution in [2.45, 2.75) is 27.3 Å². The predicted octanol–water partition coefficient (Wildman–Crippen LogP) is 2.37. The summed E-state index contributed by atoms with van der Waals surface area (Å²) in [5, 5.41) is 2.89. The van der Waals surface area contributed by atoms with Crippen LogP contribution in [0.2, 0.25) is 0 Å². The Morgan fingerprint density at radius 2 is 1.55 bits per heavy atom. The topological polar surface area (TPSA) is 56.8 Å². The first-order chi connectivity index (χ1) is 9.33. The first kappa shape index (κ1) is 16.1. The van der Waals surface area contributed by atoms with E-state index < -0.39 is 5.41 Å². The van der Waals surface area contributed by atoms with E-state index in [0.29, 0.717) is 23.8 Å². The third kappa shape index (κ3) is 3.79. The Hall–Kier alpha value is -1.91. The molecular formula is C15H23NO4. The zero-order chi connectivity index (χ0) is 15.3. The van der Waals surface area contributed by atoms with E-state index in [0.717, 1.165) is 5.56 Å². The van der Waals surface area contributed by atoms with Gasteiger partial charge < -0.3 is 19.5 Å². The van der Waals surface area contributed by atoms with Crippen molar-refractivity contribution in [2.75, 3.05) is 21.3 Å². The minimum Gasteiger partial charge on any atom is -0.496 e. The lowest BCUT2D eigenvalue weighted by Gasteiger charge is -2.20. The maximum Gasteiger partial charge on any atom is 0.225 e. The Kier molecular flexibility index (Phi) is 5.25. The van der Waals surface area contributed by atoms with Crippen LogP contribution in [0.3, 0.4) is 0 Å². The molecule has 0 bridgehead atoms. The summed E-state index contributed by atoms with van der Waals surface area (Å²) in [5.41, 5.74) is 0.348. The summed E-state index contributed by atoms with van der Waals surface area (Å²) < 4.78 is 15.9. The molecule has 1 rings (SSSR count). The second kappa shape index (κ2) is 6.50. The van der Waals surface area contributed by atoms with Crippen molar-refractivity contribution in [3.8, 4) is 17.2 Å². The van der Waals surface area contributed by atoms with Gasteiger partial charge in [0.2, 0.25) is 5.91 Å². The molecule has 0 aliphatic carbocycles. The molecule has 0 saturated heterocycles. The molecule has 0 heterocycles. The highest BCUT2D eigenvalue weighted by atomic mass is 16.5. The Morgan fingerprint density at radius 1 is 1.05 bits per heavy atom. The Morgan fingerprint density at radius 3 is 1.90 bits per heavy atom. The number of carbonyl (C=O) groups is 1. The normalized spacial score (nSPS) is 10.9. The van der Waals surface area contributed by atoms with Gasteiger partial charge in [0.05, 0.1) is 33.4 Å². The first-order valence-electron chi connectivity index (χ1n) is 6.40. The minimum atomic E-state index is -0.438. The van der Waals surface area contributed by atoms with Gasteiger partial charge >= 0.3 is 0 Å². The molecule has 0 aliphatic rings. The van der Waals surface area contributed by atoms with Gasteiger partial charge in [-0.25, -0.2) is 0 Å². The molecule has 0 unspecified atom stereocenters. The van der Waals surface area contributed by atoms with Crippen LogP contribution in [0.15, 0.2) is 12.1 Å². The van der Waals surface area contributed by atoms with Gasteiger partial charge in [-0.05, 0) is 0 Å². The molecular weight excluding hydrogens is 258 g/mol. The van der Waals surface area contributed by atoms with E-state index in [1.54, 1.807) is 33.5 Å². The molecule has 0 radical (unpaired) electrons. The Bertz CT molecular complexity index is 452. The molecule has 1 N–H and O–H groups in total. The molecule has 0 atom stereocenters. The van der Waals surface area contributed by atoms with Gasteiger partial charge in [-0.15, -0.1) is 0 Å². The summed E-state index contributed by atoms with van der Waals surface area (Å²) in [6.45, 7) is 5.94.